The van der Waals surface area contributed by atoms with Crippen molar-refractivity contribution in [3.8, 4) is 23.0 Å². The lowest BCUT2D eigenvalue weighted by Gasteiger charge is -2.09. The normalized spacial score (nSPS) is 11.4. The largest absolute Gasteiger partial charge is 0.507 e. The van der Waals surface area contributed by atoms with Gasteiger partial charge in [0, 0.05) is 6.08 Å². The number of carbonyl (C=O) groups excluding carboxylic acids is 1. The molecule has 2 N–H and O–H groups in total. The summed E-state index contributed by atoms with van der Waals surface area (Å²) >= 11 is 0. The average Bonchev–Trinajstić information content (AvgIpc) is 2.65. The monoisotopic (exact) mass is 356 g/mol. The van der Waals surface area contributed by atoms with Gasteiger partial charge in [-0.2, -0.15) is 0 Å². The van der Waals surface area contributed by atoms with Crippen molar-refractivity contribution in [2.75, 3.05) is 21.3 Å². The fourth-order valence-electron chi connectivity index (χ4n) is 2.34. The third kappa shape index (κ3) is 4.36. The van der Waals surface area contributed by atoms with Gasteiger partial charge in [0.05, 0.1) is 21.3 Å². The minimum Gasteiger partial charge on any atom is -0.507 e. The van der Waals surface area contributed by atoms with Crippen molar-refractivity contribution in [3.05, 3.63) is 59.7 Å². The van der Waals surface area contributed by atoms with Gasteiger partial charge in [-0.3, -0.25) is 4.79 Å². The Kier molecular flexibility index (Phi) is 6.27. The lowest BCUT2D eigenvalue weighted by molar-refractivity contribution is -0.110. The second-order valence-electron chi connectivity index (χ2n) is 5.23. The topological polar surface area (TPSA) is 85.2 Å². The van der Waals surface area contributed by atoms with Gasteiger partial charge < -0.3 is 24.4 Å². The van der Waals surface area contributed by atoms with Crippen molar-refractivity contribution in [1.82, 2.24) is 0 Å². The number of aromatic hydroxyl groups is 1. The Morgan fingerprint density at radius 2 is 1.65 bits per heavy atom. The van der Waals surface area contributed by atoms with E-state index >= 15 is 0 Å². The number of allylic oxidation sites excluding steroid dienone is 2. The maximum absolute atomic E-state index is 12.1. The number of carbonyl (C=O) groups is 1. The van der Waals surface area contributed by atoms with Gasteiger partial charge in [-0.05, 0) is 35.9 Å². The fraction of sp³-hybridized carbons (Fsp3) is 0.150. The Morgan fingerprint density at radius 3 is 2.31 bits per heavy atom. The summed E-state index contributed by atoms with van der Waals surface area (Å²) in [6.45, 7) is 0. The summed E-state index contributed by atoms with van der Waals surface area (Å²) in [5, 5.41) is 20.0. The van der Waals surface area contributed by atoms with Gasteiger partial charge in [-0.15, -0.1) is 0 Å². The highest BCUT2D eigenvalue weighted by Crippen LogP contribution is 2.32. The van der Waals surface area contributed by atoms with E-state index in [2.05, 4.69) is 0 Å². The minimum atomic E-state index is -0.456. The number of rotatable bonds is 7. The molecular formula is C20H20O6. The molecule has 0 aliphatic carbocycles. The van der Waals surface area contributed by atoms with Crippen LogP contribution in [-0.4, -0.2) is 37.3 Å². The van der Waals surface area contributed by atoms with E-state index < -0.39 is 5.78 Å². The van der Waals surface area contributed by atoms with Crippen LogP contribution in [0.25, 0.3) is 11.8 Å². The molecule has 0 bridgehead atoms. The highest BCUT2D eigenvalue weighted by molar-refractivity contribution is 6.06. The molecule has 0 spiro atoms. The van der Waals surface area contributed by atoms with Crippen LogP contribution in [0.5, 0.6) is 23.0 Å². The first-order chi connectivity index (χ1) is 12.5. The molecule has 0 aliphatic heterocycles. The molecule has 0 amide bonds. The van der Waals surface area contributed by atoms with Crippen LogP contribution in [0.2, 0.25) is 0 Å². The fourth-order valence-corrected chi connectivity index (χ4v) is 2.34. The highest BCUT2D eigenvalue weighted by atomic mass is 16.5. The summed E-state index contributed by atoms with van der Waals surface area (Å²) < 4.78 is 15.5. The molecule has 0 radical (unpaired) electrons. The summed E-state index contributed by atoms with van der Waals surface area (Å²) in [5.41, 5.74) is 0.784. The van der Waals surface area contributed by atoms with E-state index in [0.29, 0.717) is 11.5 Å². The molecular weight excluding hydrogens is 336 g/mol. The molecule has 2 aromatic carbocycles. The molecule has 6 heteroatoms. The molecule has 0 fully saturated rings. The molecule has 136 valence electrons. The lowest BCUT2D eigenvalue weighted by Crippen LogP contribution is -1.95. The van der Waals surface area contributed by atoms with Crippen molar-refractivity contribution in [3.63, 3.8) is 0 Å². The molecule has 0 atom stereocenters. The van der Waals surface area contributed by atoms with E-state index in [1.165, 1.54) is 33.5 Å². The summed E-state index contributed by atoms with van der Waals surface area (Å²) in [7, 11) is 4.47. The maximum Gasteiger partial charge on any atom is 0.182 e. The second kappa shape index (κ2) is 8.62. The first-order valence-corrected chi connectivity index (χ1v) is 7.71. The van der Waals surface area contributed by atoms with Gasteiger partial charge in [0.2, 0.25) is 0 Å². The van der Waals surface area contributed by atoms with Crippen molar-refractivity contribution in [1.29, 1.82) is 0 Å². The molecule has 2 aromatic rings. The Bertz CT molecular complexity index is 851. The van der Waals surface area contributed by atoms with E-state index in [9.17, 15) is 15.0 Å². The molecule has 0 unspecified atom stereocenters. The summed E-state index contributed by atoms with van der Waals surface area (Å²) in [4.78, 5) is 12.1. The number of ether oxygens (including phenoxy) is 3. The van der Waals surface area contributed by atoms with Crippen LogP contribution < -0.4 is 14.2 Å². The predicted molar refractivity (Wildman–Crippen MR) is 98.9 cm³/mol. The van der Waals surface area contributed by atoms with Crippen LogP contribution >= 0.6 is 0 Å². The van der Waals surface area contributed by atoms with Gasteiger partial charge >= 0.3 is 0 Å². The lowest BCUT2D eigenvalue weighted by atomic mass is 10.1. The van der Waals surface area contributed by atoms with Crippen molar-refractivity contribution in [2.45, 2.75) is 0 Å². The molecule has 2 rings (SSSR count). The number of phenols is 1. The number of hydrogen-bond acceptors (Lipinski definition) is 6. The number of aliphatic hydroxyl groups excluding tert-OH is 1. The third-order valence-electron chi connectivity index (χ3n) is 3.61. The first-order valence-electron chi connectivity index (χ1n) is 7.71. The molecule has 0 heterocycles. The molecule has 6 nitrogen and oxygen atoms in total. The Balaban J connectivity index is 2.22. The van der Waals surface area contributed by atoms with Gasteiger partial charge in [-0.1, -0.05) is 18.2 Å². The second-order valence-corrected chi connectivity index (χ2v) is 5.23. The zero-order valence-corrected chi connectivity index (χ0v) is 14.7. The van der Waals surface area contributed by atoms with Gasteiger partial charge in [0.15, 0.2) is 17.3 Å². The number of hydrogen-bond donors (Lipinski definition) is 2. The van der Waals surface area contributed by atoms with E-state index in [4.69, 9.17) is 14.2 Å². The van der Waals surface area contributed by atoms with Crippen molar-refractivity contribution < 1.29 is 29.2 Å². The van der Waals surface area contributed by atoms with E-state index in [1.807, 2.05) is 0 Å². The zero-order valence-electron chi connectivity index (χ0n) is 14.7. The SMILES string of the molecule is COc1ccc(/C=C/C(=O)C=C(O)c2c(O)cccc2OC)cc1OC. The van der Waals surface area contributed by atoms with Gasteiger partial charge in [0.25, 0.3) is 0 Å². The van der Waals surface area contributed by atoms with Crippen molar-refractivity contribution >= 4 is 17.6 Å². The minimum absolute atomic E-state index is 0.0582. The molecule has 0 saturated carbocycles. The van der Waals surface area contributed by atoms with Crippen LogP contribution in [0.15, 0.2) is 48.6 Å². The summed E-state index contributed by atoms with van der Waals surface area (Å²) in [6.07, 6.45) is 3.88. The first kappa shape index (κ1) is 18.9. The molecule has 0 aliphatic rings. The van der Waals surface area contributed by atoms with E-state index in [1.54, 1.807) is 36.4 Å². The van der Waals surface area contributed by atoms with Crippen LogP contribution in [0.4, 0.5) is 0 Å². The Morgan fingerprint density at radius 1 is 0.962 bits per heavy atom. The molecule has 0 saturated heterocycles. The third-order valence-corrected chi connectivity index (χ3v) is 3.61. The number of methoxy groups -OCH3 is 3. The Hall–Kier alpha value is -3.41. The average molecular weight is 356 g/mol. The van der Waals surface area contributed by atoms with E-state index in [-0.39, 0.29) is 22.8 Å². The van der Waals surface area contributed by atoms with Crippen LogP contribution in [0.1, 0.15) is 11.1 Å². The highest BCUT2D eigenvalue weighted by Gasteiger charge is 2.13. The number of aliphatic hydroxyl groups is 1. The smallest absolute Gasteiger partial charge is 0.182 e. The summed E-state index contributed by atoms with van der Waals surface area (Å²) in [5.74, 6) is 0.356. The Labute approximate surface area is 151 Å². The maximum atomic E-state index is 12.1. The van der Waals surface area contributed by atoms with E-state index in [0.717, 1.165) is 11.6 Å². The van der Waals surface area contributed by atoms with Gasteiger partial charge in [-0.25, -0.2) is 0 Å². The van der Waals surface area contributed by atoms with Crippen LogP contribution in [0.3, 0.4) is 0 Å². The standard InChI is InChI=1S/C20H20O6/c1-24-17-10-8-13(11-19(17)26-3)7-9-14(21)12-16(23)20-15(22)5-4-6-18(20)25-2/h4-12,22-23H,1-3H3/b9-7+,16-12?. The van der Waals surface area contributed by atoms with Crippen molar-refractivity contribution in [2.24, 2.45) is 0 Å². The number of phenolic OH excluding ortho intramolecular Hbond substituents is 1. The molecule has 0 aromatic heterocycles. The number of ketones is 1. The van der Waals surface area contributed by atoms with Crippen LogP contribution in [0, 0.1) is 0 Å². The van der Waals surface area contributed by atoms with Crippen LogP contribution in [-0.2, 0) is 4.79 Å². The molecule has 26 heavy (non-hydrogen) atoms. The predicted octanol–water partition coefficient (Wildman–Crippen LogP) is 3.60. The zero-order chi connectivity index (χ0) is 19.1. The number of benzene rings is 2. The summed E-state index contributed by atoms with van der Waals surface area (Å²) in [6, 6.07) is 9.75. The van der Waals surface area contributed by atoms with Gasteiger partial charge in [0.1, 0.15) is 22.8 Å². The quantitative estimate of drug-likeness (QED) is 0.582.